The number of carbonyl (C=O) groups excluding carboxylic acids is 2. The highest BCUT2D eigenvalue weighted by Crippen LogP contribution is 2.40. The van der Waals surface area contributed by atoms with Crippen molar-refractivity contribution in [2.45, 2.75) is 56.9 Å². The van der Waals surface area contributed by atoms with Crippen molar-refractivity contribution in [2.75, 3.05) is 20.2 Å². The Labute approximate surface area is 257 Å². The summed E-state index contributed by atoms with van der Waals surface area (Å²) < 4.78 is 47.1. The summed E-state index contributed by atoms with van der Waals surface area (Å²) in [6, 6.07) is 13.4. The van der Waals surface area contributed by atoms with Crippen molar-refractivity contribution < 1.29 is 27.5 Å². The van der Waals surface area contributed by atoms with Crippen molar-refractivity contribution >= 4 is 12.0 Å². The molecule has 13 heteroatoms. The van der Waals surface area contributed by atoms with Crippen LogP contribution in [0.4, 0.5) is 18.0 Å². The zero-order chi connectivity index (χ0) is 31.7. The Morgan fingerprint density at radius 3 is 2.24 bits per heavy atom. The quantitative estimate of drug-likeness (QED) is 0.201. The molecule has 236 valence electrons. The summed E-state index contributed by atoms with van der Waals surface area (Å²) in [5.74, 6) is 0.557. The van der Waals surface area contributed by atoms with Gasteiger partial charge in [0.15, 0.2) is 5.69 Å². The minimum atomic E-state index is -4.72. The normalized spacial score (nSPS) is 19.1. The van der Waals surface area contributed by atoms with Gasteiger partial charge in [-0.05, 0) is 55.8 Å². The van der Waals surface area contributed by atoms with Gasteiger partial charge in [0, 0.05) is 12.1 Å². The lowest BCUT2D eigenvalue weighted by Crippen LogP contribution is -2.46. The number of H-pyrrole nitrogens is 2. The molecule has 0 spiro atoms. The lowest BCUT2D eigenvalue weighted by atomic mass is 10.0. The number of nitrogens with one attached hydrogen (secondary N) is 4. The highest BCUT2D eigenvalue weighted by atomic mass is 19.4. The number of alkyl halides is 3. The van der Waals surface area contributed by atoms with Crippen LogP contribution in [0.25, 0.3) is 33.6 Å². The second-order valence-electron chi connectivity index (χ2n) is 11.4. The Hall–Kier alpha value is -4.65. The zero-order valence-electron chi connectivity index (χ0n) is 24.9. The number of aromatic amines is 2. The average Bonchev–Trinajstić information content (AvgIpc) is 3.86. The number of carbonyl (C=O) groups is 2. The SMILES string of the molecule is COC(=O)N[C@@H](C)C(=O)N1CCC[C@H]1c1nc(C(F)(F)F)c(-c2ccc(-c3ccc(-c4cnc([C@@H]5CCCN5)[nH]4)cc3)cc2)[nH]1. The highest BCUT2D eigenvalue weighted by molar-refractivity contribution is 5.85. The molecule has 4 aromatic rings. The number of nitrogens with zero attached hydrogens (tertiary/aromatic N) is 3. The maximum absolute atomic E-state index is 14.2. The van der Waals surface area contributed by atoms with Gasteiger partial charge in [-0.3, -0.25) is 4.79 Å². The average molecular weight is 622 g/mol. The van der Waals surface area contributed by atoms with Crippen LogP contribution in [-0.4, -0.2) is 63.1 Å². The van der Waals surface area contributed by atoms with E-state index in [1.54, 1.807) is 24.3 Å². The van der Waals surface area contributed by atoms with Crippen molar-refractivity contribution in [2.24, 2.45) is 0 Å². The molecule has 4 heterocycles. The van der Waals surface area contributed by atoms with E-state index in [-0.39, 0.29) is 17.6 Å². The number of amides is 2. The Kier molecular flexibility index (Phi) is 8.36. The van der Waals surface area contributed by atoms with E-state index in [9.17, 15) is 22.8 Å². The number of halogens is 3. The molecule has 0 saturated carbocycles. The minimum absolute atomic E-state index is 0.0544. The lowest BCUT2D eigenvalue weighted by Gasteiger charge is -2.26. The molecule has 2 aliphatic rings. The summed E-state index contributed by atoms with van der Waals surface area (Å²) in [5, 5.41) is 5.85. The topological polar surface area (TPSA) is 128 Å². The number of ether oxygens (including phenoxy) is 1. The molecule has 2 aromatic carbocycles. The van der Waals surface area contributed by atoms with Crippen molar-refractivity contribution in [1.29, 1.82) is 0 Å². The van der Waals surface area contributed by atoms with Gasteiger partial charge in [0.2, 0.25) is 5.91 Å². The maximum atomic E-state index is 14.2. The van der Waals surface area contributed by atoms with Crippen LogP contribution in [0.2, 0.25) is 0 Å². The van der Waals surface area contributed by atoms with Crippen molar-refractivity contribution in [3.8, 4) is 33.6 Å². The standard InChI is InChI=1S/C32H34F3N7O3/c1-18(38-31(44)45-2)30(43)42-16-4-6-25(42)29-40-26(27(41-29)32(33,34)35)22-13-9-20(10-14-22)19-7-11-21(12-8-19)24-17-37-28(39-24)23-5-3-15-36-23/h7-14,17-18,23,25,36H,3-6,15-16H2,1-2H3,(H,37,39)(H,38,44)(H,40,41)/t18-,23-,25-/m0/s1. The van der Waals surface area contributed by atoms with Crippen LogP contribution < -0.4 is 10.6 Å². The van der Waals surface area contributed by atoms with Gasteiger partial charge in [-0.15, -0.1) is 0 Å². The fraction of sp³-hybridized carbons (Fsp3) is 0.375. The molecule has 2 aliphatic heterocycles. The fourth-order valence-electron chi connectivity index (χ4n) is 6.07. The zero-order valence-corrected chi connectivity index (χ0v) is 24.9. The molecule has 4 N–H and O–H groups in total. The number of hydrogen-bond donors (Lipinski definition) is 4. The second kappa shape index (κ2) is 12.4. The summed E-state index contributed by atoms with van der Waals surface area (Å²) in [6.45, 7) is 2.83. The first-order valence-corrected chi connectivity index (χ1v) is 14.9. The smallest absolute Gasteiger partial charge is 0.435 e. The van der Waals surface area contributed by atoms with Gasteiger partial charge >= 0.3 is 12.3 Å². The van der Waals surface area contributed by atoms with Gasteiger partial charge in [0.1, 0.15) is 17.7 Å². The number of aromatic nitrogens is 4. The number of benzene rings is 2. The van der Waals surface area contributed by atoms with Crippen LogP contribution in [0.15, 0.2) is 54.7 Å². The van der Waals surface area contributed by atoms with Crippen molar-refractivity contribution in [1.82, 2.24) is 35.5 Å². The lowest BCUT2D eigenvalue weighted by molar-refractivity contribution is -0.140. The summed E-state index contributed by atoms with van der Waals surface area (Å²) in [5.41, 5.74) is 2.79. The predicted molar refractivity (Wildman–Crippen MR) is 161 cm³/mol. The van der Waals surface area contributed by atoms with E-state index < -0.39 is 36.0 Å². The Bertz CT molecular complexity index is 1660. The van der Waals surface area contributed by atoms with Gasteiger partial charge in [-0.1, -0.05) is 48.5 Å². The molecule has 0 unspecified atom stereocenters. The van der Waals surface area contributed by atoms with E-state index in [0.717, 1.165) is 47.6 Å². The molecule has 10 nitrogen and oxygen atoms in total. The van der Waals surface area contributed by atoms with Gasteiger partial charge in [0.25, 0.3) is 0 Å². The van der Waals surface area contributed by atoms with Crippen LogP contribution in [0.5, 0.6) is 0 Å². The Morgan fingerprint density at radius 2 is 1.62 bits per heavy atom. The molecular formula is C32H34F3N7O3. The van der Waals surface area contributed by atoms with Gasteiger partial charge < -0.3 is 30.2 Å². The fourth-order valence-corrected chi connectivity index (χ4v) is 6.07. The van der Waals surface area contributed by atoms with Gasteiger partial charge in [-0.25, -0.2) is 14.8 Å². The van der Waals surface area contributed by atoms with Crippen LogP contribution in [0, 0.1) is 0 Å². The van der Waals surface area contributed by atoms with E-state index in [1.807, 2.05) is 30.5 Å². The van der Waals surface area contributed by atoms with E-state index in [0.29, 0.717) is 24.9 Å². The van der Waals surface area contributed by atoms with Crippen molar-refractivity contribution in [3.63, 3.8) is 0 Å². The Morgan fingerprint density at radius 1 is 0.956 bits per heavy atom. The number of imidazole rings is 2. The van der Waals surface area contributed by atoms with Gasteiger partial charge in [0.05, 0.1) is 36.8 Å². The third kappa shape index (κ3) is 6.30. The molecule has 2 fully saturated rings. The summed E-state index contributed by atoms with van der Waals surface area (Å²) in [7, 11) is 1.18. The molecule has 45 heavy (non-hydrogen) atoms. The molecule has 2 saturated heterocycles. The molecule has 0 bridgehead atoms. The van der Waals surface area contributed by atoms with E-state index in [4.69, 9.17) is 0 Å². The summed E-state index contributed by atoms with van der Waals surface area (Å²) in [6.07, 6.45) is -0.444. The van der Waals surface area contributed by atoms with Crippen LogP contribution in [-0.2, 0) is 15.7 Å². The number of likely N-dealkylation sites (tertiary alicyclic amines) is 1. The monoisotopic (exact) mass is 621 g/mol. The number of alkyl carbamates (subject to hydrolysis) is 1. The molecule has 0 aliphatic carbocycles. The first-order chi connectivity index (χ1) is 21.6. The first-order valence-electron chi connectivity index (χ1n) is 14.9. The molecule has 2 amide bonds. The van der Waals surface area contributed by atoms with E-state index >= 15 is 0 Å². The number of methoxy groups -OCH3 is 1. The summed E-state index contributed by atoms with van der Waals surface area (Å²) >= 11 is 0. The van der Waals surface area contributed by atoms with Crippen LogP contribution >= 0.6 is 0 Å². The van der Waals surface area contributed by atoms with Crippen LogP contribution in [0.3, 0.4) is 0 Å². The van der Waals surface area contributed by atoms with E-state index in [2.05, 4.69) is 35.3 Å². The maximum Gasteiger partial charge on any atom is 0.435 e. The Balaban J connectivity index is 1.21. The van der Waals surface area contributed by atoms with Crippen LogP contribution in [0.1, 0.15) is 62.0 Å². The second-order valence-corrected chi connectivity index (χ2v) is 11.4. The third-order valence-corrected chi connectivity index (χ3v) is 8.42. The molecule has 0 radical (unpaired) electrons. The van der Waals surface area contributed by atoms with E-state index in [1.165, 1.54) is 18.9 Å². The summed E-state index contributed by atoms with van der Waals surface area (Å²) in [4.78, 5) is 40.9. The van der Waals surface area contributed by atoms with Gasteiger partial charge in [-0.2, -0.15) is 13.2 Å². The van der Waals surface area contributed by atoms with Crippen molar-refractivity contribution in [3.05, 3.63) is 72.1 Å². The predicted octanol–water partition coefficient (Wildman–Crippen LogP) is 5.99. The number of rotatable bonds is 7. The third-order valence-electron chi connectivity index (χ3n) is 8.42. The highest BCUT2D eigenvalue weighted by Gasteiger charge is 2.41. The molecule has 2 aromatic heterocycles. The molecule has 6 rings (SSSR count). The first kappa shape index (κ1) is 30.4. The largest absolute Gasteiger partial charge is 0.453 e. The number of hydrogen-bond acceptors (Lipinski definition) is 6. The minimum Gasteiger partial charge on any atom is -0.453 e. The molecule has 3 atom stereocenters. The molecular weight excluding hydrogens is 587 g/mol.